The quantitative estimate of drug-likeness (QED) is 0.741. The number of fused-ring (bicyclic) bond motifs is 3. The highest BCUT2D eigenvalue weighted by molar-refractivity contribution is 5.95. The number of H-pyrrole nitrogens is 1. The number of aromatic nitrogens is 1. The van der Waals surface area contributed by atoms with E-state index in [4.69, 9.17) is 5.26 Å². The Bertz CT molecular complexity index is 1010. The van der Waals surface area contributed by atoms with E-state index in [2.05, 4.69) is 41.5 Å². The molecule has 1 aliphatic carbocycles. The first-order valence-electron chi connectivity index (χ1n) is 8.58. The van der Waals surface area contributed by atoms with E-state index in [1.165, 1.54) is 16.5 Å². The molecule has 1 atom stereocenters. The lowest BCUT2D eigenvalue weighted by atomic mass is 9.91. The minimum atomic E-state index is -0.134. The van der Waals surface area contributed by atoms with Crippen LogP contribution in [0.15, 0.2) is 42.5 Å². The second kappa shape index (κ2) is 6.10. The Kier molecular flexibility index (Phi) is 3.77. The molecule has 0 saturated carbocycles. The van der Waals surface area contributed by atoms with Crippen molar-refractivity contribution in [3.05, 3.63) is 70.4 Å². The van der Waals surface area contributed by atoms with E-state index in [1.807, 2.05) is 0 Å². The van der Waals surface area contributed by atoms with Gasteiger partial charge in [0.25, 0.3) is 5.91 Å². The van der Waals surface area contributed by atoms with Crippen LogP contribution in [0.2, 0.25) is 0 Å². The number of nitrogens with one attached hydrogen (secondary N) is 2. The zero-order valence-electron chi connectivity index (χ0n) is 14.1. The summed E-state index contributed by atoms with van der Waals surface area (Å²) in [7, 11) is 0. The minimum absolute atomic E-state index is 0.0188. The Morgan fingerprint density at radius 2 is 2.16 bits per heavy atom. The Labute approximate surface area is 146 Å². The molecule has 4 rings (SSSR count). The highest BCUT2D eigenvalue weighted by Gasteiger charge is 2.26. The van der Waals surface area contributed by atoms with Crippen molar-refractivity contribution in [2.75, 3.05) is 0 Å². The van der Waals surface area contributed by atoms with Crippen molar-refractivity contribution in [2.45, 2.75) is 32.2 Å². The average Bonchev–Trinajstić information content (AvgIpc) is 3.01. The van der Waals surface area contributed by atoms with Gasteiger partial charge in [0.1, 0.15) is 0 Å². The van der Waals surface area contributed by atoms with E-state index in [1.54, 1.807) is 24.3 Å². The first-order chi connectivity index (χ1) is 12.2. The summed E-state index contributed by atoms with van der Waals surface area (Å²) in [6, 6.07) is 15.3. The summed E-state index contributed by atoms with van der Waals surface area (Å²) in [6.45, 7) is 2.10. The number of rotatable bonds is 2. The van der Waals surface area contributed by atoms with E-state index in [0.29, 0.717) is 11.1 Å². The SMILES string of the molecule is Cc1ccc2[nH]c3c(c2c1)CCCC3NC(=O)c1cccc(C#N)c1. The van der Waals surface area contributed by atoms with Gasteiger partial charge in [-0.15, -0.1) is 0 Å². The fourth-order valence-corrected chi connectivity index (χ4v) is 3.69. The molecule has 1 amide bonds. The lowest BCUT2D eigenvalue weighted by Crippen LogP contribution is -2.31. The molecule has 0 fully saturated rings. The first-order valence-corrected chi connectivity index (χ1v) is 8.58. The predicted octanol–water partition coefficient (Wildman–Crippen LogP) is 4.16. The second-order valence-corrected chi connectivity index (χ2v) is 6.68. The summed E-state index contributed by atoms with van der Waals surface area (Å²) < 4.78 is 0. The Balaban J connectivity index is 1.66. The van der Waals surface area contributed by atoms with Gasteiger partial charge in [-0.2, -0.15) is 5.26 Å². The van der Waals surface area contributed by atoms with E-state index < -0.39 is 0 Å². The molecule has 0 aliphatic heterocycles. The fraction of sp³-hybridized carbons (Fsp3) is 0.238. The van der Waals surface area contributed by atoms with Crippen LogP contribution in [0.4, 0.5) is 0 Å². The van der Waals surface area contributed by atoms with Crippen molar-refractivity contribution in [2.24, 2.45) is 0 Å². The van der Waals surface area contributed by atoms with Crippen molar-refractivity contribution < 1.29 is 4.79 Å². The van der Waals surface area contributed by atoms with Crippen molar-refractivity contribution in [1.29, 1.82) is 5.26 Å². The largest absolute Gasteiger partial charge is 0.356 e. The molecule has 4 heteroatoms. The van der Waals surface area contributed by atoms with Crippen LogP contribution in [-0.2, 0) is 6.42 Å². The van der Waals surface area contributed by atoms with E-state index in [9.17, 15) is 4.79 Å². The van der Waals surface area contributed by atoms with Crippen LogP contribution in [0, 0.1) is 18.3 Å². The van der Waals surface area contributed by atoms with Gasteiger partial charge in [-0.25, -0.2) is 0 Å². The smallest absolute Gasteiger partial charge is 0.251 e. The van der Waals surface area contributed by atoms with Gasteiger partial charge in [0.15, 0.2) is 0 Å². The Hall–Kier alpha value is -3.06. The van der Waals surface area contributed by atoms with Crippen LogP contribution >= 0.6 is 0 Å². The summed E-state index contributed by atoms with van der Waals surface area (Å²) >= 11 is 0. The highest BCUT2D eigenvalue weighted by atomic mass is 16.1. The van der Waals surface area contributed by atoms with E-state index >= 15 is 0 Å². The number of hydrogen-bond acceptors (Lipinski definition) is 2. The molecule has 1 unspecified atom stereocenters. The molecule has 0 bridgehead atoms. The maximum Gasteiger partial charge on any atom is 0.251 e. The molecular formula is C21H19N3O. The van der Waals surface area contributed by atoms with E-state index in [-0.39, 0.29) is 11.9 Å². The number of nitrogens with zero attached hydrogens (tertiary/aromatic N) is 1. The maximum atomic E-state index is 12.6. The zero-order chi connectivity index (χ0) is 17.4. The molecular weight excluding hydrogens is 310 g/mol. The summed E-state index contributed by atoms with van der Waals surface area (Å²) in [4.78, 5) is 16.1. The van der Waals surface area contributed by atoms with Gasteiger partial charge in [0.2, 0.25) is 0 Å². The maximum absolute atomic E-state index is 12.6. The number of hydrogen-bond donors (Lipinski definition) is 2. The summed E-state index contributed by atoms with van der Waals surface area (Å²) in [6.07, 6.45) is 3.01. The first kappa shape index (κ1) is 15.5. The fourth-order valence-electron chi connectivity index (χ4n) is 3.69. The molecule has 1 aromatic heterocycles. The van der Waals surface area contributed by atoms with Crippen molar-refractivity contribution >= 4 is 16.8 Å². The standard InChI is InChI=1S/C21H19N3O/c1-13-8-9-18-17(10-13)16-6-3-7-19(20(16)23-18)24-21(25)15-5-2-4-14(11-15)12-22/h2,4-5,8-11,19,23H,3,6-7H2,1H3,(H,24,25). The third kappa shape index (κ3) is 2.78. The molecule has 1 heterocycles. The molecule has 2 aromatic carbocycles. The van der Waals surface area contributed by atoms with Crippen LogP contribution in [0.1, 0.15) is 51.6 Å². The van der Waals surface area contributed by atoms with Crippen LogP contribution in [0.25, 0.3) is 10.9 Å². The number of nitriles is 1. The number of carbonyl (C=O) groups excluding carboxylic acids is 1. The topological polar surface area (TPSA) is 68.7 Å². The van der Waals surface area contributed by atoms with Crippen LogP contribution in [0.5, 0.6) is 0 Å². The van der Waals surface area contributed by atoms with E-state index in [0.717, 1.165) is 30.5 Å². The van der Waals surface area contributed by atoms with Gasteiger partial charge in [0, 0.05) is 22.2 Å². The highest BCUT2D eigenvalue weighted by Crippen LogP contribution is 2.35. The van der Waals surface area contributed by atoms with Crippen LogP contribution in [0.3, 0.4) is 0 Å². The number of amides is 1. The van der Waals surface area contributed by atoms with Gasteiger partial charge >= 0.3 is 0 Å². The van der Waals surface area contributed by atoms with Crippen molar-refractivity contribution in [1.82, 2.24) is 10.3 Å². The minimum Gasteiger partial charge on any atom is -0.356 e. The van der Waals surface area contributed by atoms with Gasteiger partial charge in [0.05, 0.1) is 17.7 Å². The molecule has 2 N–H and O–H groups in total. The normalized spacial score (nSPS) is 16.2. The second-order valence-electron chi connectivity index (χ2n) is 6.68. The molecule has 124 valence electrons. The third-order valence-corrected chi connectivity index (χ3v) is 4.92. The molecule has 25 heavy (non-hydrogen) atoms. The molecule has 4 nitrogen and oxygen atoms in total. The van der Waals surface area contributed by atoms with Gasteiger partial charge in [-0.1, -0.05) is 17.7 Å². The number of benzene rings is 2. The van der Waals surface area contributed by atoms with Crippen LogP contribution < -0.4 is 5.32 Å². The average molecular weight is 329 g/mol. The van der Waals surface area contributed by atoms with Gasteiger partial charge < -0.3 is 10.3 Å². The summed E-state index contributed by atoms with van der Waals surface area (Å²) in [5.74, 6) is -0.134. The number of aryl methyl sites for hydroxylation is 2. The summed E-state index contributed by atoms with van der Waals surface area (Å²) in [5, 5.41) is 13.4. The van der Waals surface area contributed by atoms with Crippen molar-refractivity contribution in [3.63, 3.8) is 0 Å². The van der Waals surface area contributed by atoms with Gasteiger partial charge in [-0.3, -0.25) is 4.79 Å². The summed E-state index contributed by atoms with van der Waals surface area (Å²) in [5.41, 5.74) is 5.84. The number of aromatic amines is 1. The molecule has 3 aromatic rings. The predicted molar refractivity (Wildman–Crippen MR) is 97.3 cm³/mol. The van der Waals surface area contributed by atoms with Crippen molar-refractivity contribution in [3.8, 4) is 6.07 Å². The molecule has 0 spiro atoms. The zero-order valence-corrected chi connectivity index (χ0v) is 14.1. The third-order valence-electron chi connectivity index (χ3n) is 4.92. The molecule has 0 saturated heterocycles. The molecule has 1 aliphatic rings. The molecule has 0 radical (unpaired) electrons. The Morgan fingerprint density at radius 3 is 3.00 bits per heavy atom. The lowest BCUT2D eigenvalue weighted by Gasteiger charge is -2.24. The lowest BCUT2D eigenvalue weighted by molar-refractivity contribution is 0.0932. The van der Waals surface area contributed by atoms with Crippen LogP contribution in [-0.4, -0.2) is 10.9 Å². The monoisotopic (exact) mass is 329 g/mol. The Morgan fingerprint density at radius 1 is 1.28 bits per heavy atom. The van der Waals surface area contributed by atoms with Gasteiger partial charge in [-0.05, 0) is 62.1 Å². The number of carbonyl (C=O) groups is 1.